The summed E-state index contributed by atoms with van der Waals surface area (Å²) in [6, 6.07) is 16.8. The Morgan fingerprint density at radius 2 is 2.00 bits per heavy atom. The molecular weight excluding hydrogens is 326 g/mol. The maximum atomic E-state index is 4.79. The van der Waals surface area contributed by atoms with Gasteiger partial charge >= 0.3 is 0 Å². The molecule has 4 heteroatoms. The topological polar surface area (TPSA) is 29.9 Å². The van der Waals surface area contributed by atoms with Crippen molar-refractivity contribution >= 4 is 26.8 Å². The maximum Gasteiger partial charge on any atom is 0.0841 e. The van der Waals surface area contributed by atoms with Crippen LogP contribution in [0.3, 0.4) is 0 Å². The summed E-state index contributed by atoms with van der Waals surface area (Å²) in [5.41, 5.74) is 3.54. The number of hydrogen-bond acceptors (Lipinski definition) is 2. The number of fused-ring (bicyclic) bond motifs is 1. The molecule has 1 heterocycles. The van der Waals surface area contributed by atoms with Gasteiger partial charge in [0.15, 0.2) is 0 Å². The van der Waals surface area contributed by atoms with E-state index in [0.29, 0.717) is 0 Å². The van der Waals surface area contributed by atoms with E-state index in [1.54, 1.807) is 0 Å². The minimum absolute atomic E-state index is 0.784. The molecule has 0 saturated carbocycles. The lowest BCUT2D eigenvalue weighted by atomic mass is 10.2. The first-order valence-electron chi connectivity index (χ1n) is 7.17. The van der Waals surface area contributed by atoms with Crippen molar-refractivity contribution in [1.29, 1.82) is 0 Å². The highest BCUT2D eigenvalue weighted by Gasteiger charge is 2.09. The predicted octanol–water partition coefficient (Wildman–Crippen LogP) is 3.96. The van der Waals surface area contributed by atoms with Crippen molar-refractivity contribution < 1.29 is 0 Å². The third kappa shape index (κ3) is 3.17. The van der Waals surface area contributed by atoms with Crippen LogP contribution in [0.15, 0.2) is 53.0 Å². The van der Waals surface area contributed by atoms with E-state index in [1.165, 1.54) is 16.5 Å². The van der Waals surface area contributed by atoms with E-state index in [9.17, 15) is 0 Å². The molecule has 3 rings (SSSR count). The van der Waals surface area contributed by atoms with Crippen molar-refractivity contribution in [1.82, 2.24) is 15.1 Å². The lowest BCUT2D eigenvalue weighted by Crippen LogP contribution is -2.13. The zero-order valence-corrected chi connectivity index (χ0v) is 13.6. The van der Waals surface area contributed by atoms with Crippen molar-refractivity contribution in [2.24, 2.45) is 0 Å². The van der Waals surface area contributed by atoms with Crippen molar-refractivity contribution in [3.63, 3.8) is 0 Å². The van der Waals surface area contributed by atoms with Crippen molar-refractivity contribution in [3.8, 4) is 0 Å². The fourth-order valence-corrected chi connectivity index (χ4v) is 2.95. The highest BCUT2D eigenvalue weighted by atomic mass is 79.9. The van der Waals surface area contributed by atoms with Crippen LogP contribution in [0.1, 0.15) is 18.2 Å². The van der Waals surface area contributed by atoms with Gasteiger partial charge in [-0.2, -0.15) is 5.10 Å². The second kappa shape index (κ2) is 6.41. The number of aromatic nitrogens is 2. The van der Waals surface area contributed by atoms with Crippen LogP contribution in [0.4, 0.5) is 0 Å². The van der Waals surface area contributed by atoms with Crippen LogP contribution < -0.4 is 5.32 Å². The zero-order chi connectivity index (χ0) is 14.7. The van der Waals surface area contributed by atoms with Crippen LogP contribution in [-0.4, -0.2) is 16.3 Å². The molecule has 1 N–H and O–H groups in total. The van der Waals surface area contributed by atoms with Gasteiger partial charge in [-0.05, 0) is 30.3 Å². The first-order valence-corrected chi connectivity index (χ1v) is 7.97. The van der Waals surface area contributed by atoms with Crippen LogP contribution >= 0.6 is 15.9 Å². The predicted molar refractivity (Wildman–Crippen MR) is 90.4 cm³/mol. The van der Waals surface area contributed by atoms with E-state index in [1.807, 2.05) is 6.07 Å². The highest BCUT2D eigenvalue weighted by molar-refractivity contribution is 9.10. The molecule has 0 unspecified atom stereocenters. The summed E-state index contributed by atoms with van der Waals surface area (Å²) < 4.78 is 3.19. The molecule has 1 aromatic heterocycles. The van der Waals surface area contributed by atoms with Gasteiger partial charge < -0.3 is 5.32 Å². The summed E-state index contributed by atoms with van der Waals surface area (Å²) in [5.74, 6) is 0. The number of nitrogens with one attached hydrogen (secondary N) is 1. The van der Waals surface area contributed by atoms with Gasteiger partial charge in [0, 0.05) is 16.4 Å². The molecular formula is C17H18BrN3. The number of nitrogens with zero attached hydrogens (tertiary/aromatic N) is 2. The van der Waals surface area contributed by atoms with Crippen molar-refractivity contribution in [2.45, 2.75) is 20.0 Å². The van der Waals surface area contributed by atoms with E-state index in [4.69, 9.17) is 5.10 Å². The number of benzene rings is 2. The van der Waals surface area contributed by atoms with E-state index in [2.05, 4.69) is 75.3 Å². The van der Waals surface area contributed by atoms with Crippen LogP contribution in [0.25, 0.3) is 10.9 Å². The average molecular weight is 344 g/mol. The maximum absolute atomic E-state index is 4.79. The molecule has 0 amide bonds. The van der Waals surface area contributed by atoms with E-state index in [-0.39, 0.29) is 0 Å². The average Bonchev–Trinajstić information content (AvgIpc) is 2.84. The van der Waals surface area contributed by atoms with Gasteiger partial charge in [0.1, 0.15) is 0 Å². The number of halogens is 1. The minimum Gasteiger partial charge on any atom is -0.311 e. The SMILES string of the molecule is CCNCc1nn(Cc2cccc(Br)c2)c2ccccc12. The van der Waals surface area contributed by atoms with E-state index >= 15 is 0 Å². The normalized spacial score (nSPS) is 11.1. The fraction of sp³-hybridized carbons (Fsp3) is 0.235. The molecule has 0 bridgehead atoms. The number of para-hydroxylation sites is 1. The Labute approximate surface area is 133 Å². The van der Waals surface area contributed by atoms with Crippen molar-refractivity contribution in [3.05, 3.63) is 64.3 Å². The Bertz CT molecular complexity index is 749. The third-order valence-corrected chi connectivity index (χ3v) is 3.99. The largest absolute Gasteiger partial charge is 0.311 e. The van der Waals surface area contributed by atoms with E-state index in [0.717, 1.165) is 29.8 Å². The molecule has 3 aromatic rings. The fourth-order valence-electron chi connectivity index (χ4n) is 2.50. The van der Waals surface area contributed by atoms with Crippen LogP contribution in [0.5, 0.6) is 0 Å². The van der Waals surface area contributed by atoms with Crippen LogP contribution in [-0.2, 0) is 13.1 Å². The Morgan fingerprint density at radius 1 is 1.14 bits per heavy atom. The summed E-state index contributed by atoms with van der Waals surface area (Å²) in [6.45, 7) is 4.65. The van der Waals surface area contributed by atoms with Gasteiger partial charge in [-0.25, -0.2) is 0 Å². The first kappa shape index (κ1) is 14.3. The Kier molecular flexibility index (Phi) is 4.36. The molecule has 108 valence electrons. The minimum atomic E-state index is 0.784. The lowest BCUT2D eigenvalue weighted by molar-refractivity contribution is 0.657. The molecule has 0 spiro atoms. The smallest absolute Gasteiger partial charge is 0.0841 e. The second-order valence-electron chi connectivity index (χ2n) is 5.03. The summed E-state index contributed by atoms with van der Waals surface area (Å²) in [7, 11) is 0. The zero-order valence-electron chi connectivity index (χ0n) is 12.0. The molecule has 21 heavy (non-hydrogen) atoms. The molecule has 0 atom stereocenters. The van der Waals surface area contributed by atoms with Gasteiger partial charge in [-0.1, -0.05) is 53.2 Å². The molecule has 0 radical (unpaired) electrons. The lowest BCUT2D eigenvalue weighted by Gasteiger charge is -2.04. The van der Waals surface area contributed by atoms with Crippen LogP contribution in [0.2, 0.25) is 0 Å². The molecule has 0 aliphatic rings. The van der Waals surface area contributed by atoms with E-state index < -0.39 is 0 Å². The molecule has 0 aliphatic heterocycles. The summed E-state index contributed by atoms with van der Waals surface area (Å²) in [6.07, 6.45) is 0. The summed E-state index contributed by atoms with van der Waals surface area (Å²) in [5, 5.41) is 9.38. The van der Waals surface area contributed by atoms with Crippen molar-refractivity contribution in [2.75, 3.05) is 6.54 Å². The number of hydrogen-bond donors (Lipinski definition) is 1. The Morgan fingerprint density at radius 3 is 2.81 bits per heavy atom. The first-order chi connectivity index (χ1) is 10.3. The van der Waals surface area contributed by atoms with Gasteiger partial charge in [0.25, 0.3) is 0 Å². The van der Waals surface area contributed by atoms with Crippen LogP contribution in [0, 0.1) is 0 Å². The summed E-state index contributed by atoms with van der Waals surface area (Å²) >= 11 is 3.52. The Hall–Kier alpha value is -1.65. The highest BCUT2D eigenvalue weighted by Crippen LogP contribution is 2.20. The monoisotopic (exact) mass is 343 g/mol. The standard InChI is InChI=1S/C17H18BrN3/c1-2-19-11-16-15-8-3-4-9-17(15)21(20-16)12-13-6-5-7-14(18)10-13/h3-10,19H,2,11-12H2,1H3. The Balaban J connectivity index is 1.98. The molecule has 2 aromatic carbocycles. The molecule has 3 nitrogen and oxygen atoms in total. The third-order valence-electron chi connectivity index (χ3n) is 3.50. The van der Waals surface area contributed by atoms with Gasteiger partial charge in [-0.15, -0.1) is 0 Å². The van der Waals surface area contributed by atoms with Gasteiger partial charge in [0.2, 0.25) is 0 Å². The second-order valence-corrected chi connectivity index (χ2v) is 5.95. The van der Waals surface area contributed by atoms with Gasteiger partial charge in [-0.3, -0.25) is 4.68 Å². The molecule has 0 fully saturated rings. The molecule has 0 saturated heterocycles. The quantitative estimate of drug-likeness (QED) is 0.759. The number of rotatable bonds is 5. The molecule has 0 aliphatic carbocycles. The van der Waals surface area contributed by atoms with Gasteiger partial charge in [0.05, 0.1) is 17.8 Å². The summed E-state index contributed by atoms with van der Waals surface area (Å²) in [4.78, 5) is 0.